The van der Waals surface area contributed by atoms with Crippen molar-refractivity contribution in [2.75, 3.05) is 4.90 Å². The fraction of sp³-hybridized carbons (Fsp3) is 0.357. The van der Waals surface area contributed by atoms with E-state index in [2.05, 4.69) is 5.32 Å². The molecule has 1 aromatic carbocycles. The van der Waals surface area contributed by atoms with Crippen molar-refractivity contribution in [3.8, 4) is 0 Å². The largest absolute Gasteiger partial charge is 0.335 e. The van der Waals surface area contributed by atoms with Crippen LogP contribution in [0, 0.1) is 5.41 Å². The van der Waals surface area contributed by atoms with Crippen LogP contribution in [0.3, 0.4) is 0 Å². The number of hydrogen-bond acceptors (Lipinski definition) is 3. The average molecular weight is 260 g/mol. The van der Waals surface area contributed by atoms with E-state index in [-0.39, 0.29) is 12.3 Å². The van der Waals surface area contributed by atoms with Gasteiger partial charge in [-0.25, -0.2) is 9.69 Å². The van der Waals surface area contributed by atoms with Gasteiger partial charge < -0.3 is 0 Å². The SMILES string of the molecule is CC(C)(C)C(=O)NC(=O)N1C(=O)Cc2ccccc21. The number of nitrogens with one attached hydrogen (secondary N) is 1. The van der Waals surface area contributed by atoms with Crippen LogP contribution < -0.4 is 10.2 Å². The zero-order chi connectivity index (χ0) is 14.2. The fourth-order valence-corrected chi connectivity index (χ4v) is 1.82. The first-order chi connectivity index (χ1) is 8.80. The molecule has 2 rings (SSSR count). The minimum absolute atomic E-state index is 0.188. The van der Waals surface area contributed by atoms with Gasteiger partial charge in [-0.2, -0.15) is 0 Å². The smallest absolute Gasteiger partial charge is 0.277 e. The van der Waals surface area contributed by atoms with Gasteiger partial charge in [0.1, 0.15) is 0 Å². The van der Waals surface area contributed by atoms with Crippen LogP contribution >= 0.6 is 0 Å². The van der Waals surface area contributed by atoms with E-state index in [0.29, 0.717) is 5.69 Å². The number of urea groups is 1. The van der Waals surface area contributed by atoms with Crippen molar-refractivity contribution >= 4 is 23.5 Å². The molecule has 0 aromatic heterocycles. The summed E-state index contributed by atoms with van der Waals surface area (Å²) < 4.78 is 0. The molecule has 1 heterocycles. The summed E-state index contributed by atoms with van der Waals surface area (Å²) in [6.07, 6.45) is 0.188. The van der Waals surface area contributed by atoms with Crippen molar-refractivity contribution in [1.82, 2.24) is 5.32 Å². The van der Waals surface area contributed by atoms with Crippen molar-refractivity contribution in [2.45, 2.75) is 27.2 Å². The number of carbonyl (C=O) groups is 3. The van der Waals surface area contributed by atoms with E-state index in [1.165, 1.54) is 0 Å². The highest BCUT2D eigenvalue weighted by molar-refractivity contribution is 6.21. The second-order valence-corrected chi connectivity index (χ2v) is 5.54. The normalized spacial score (nSPS) is 14.3. The molecule has 1 aromatic rings. The number of rotatable bonds is 0. The molecule has 19 heavy (non-hydrogen) atoms. The molecular weight excluding hydrogens is 244 g/mol. The second kappa shape index (κ2) is 4.50. The molecule has 1 aliphatic heterocycles. The van der Waals surface area contributed by atoms with Crippen LogP contribution in [0.5, 0.6) is 0 Å². The first-order valence-electron chi connectivity index (χ1n) is 6.07. The summed E-state index contributed by atoms with van der Waals surface area (Å²) >= 11 is 0. The Bertz CT molecular complexity index is 558. The van der Waals surface area contributed by atoms with E-state index in [0.717, 1.165) is 10.5 Å². The monoisotopic (exact) mass is 260 g/mol. The predicted molar refractivity (Wildman–Crippen MR) is 70.6 cm³/mol. The van der Waals surface area contributed by atoms with Gasteiger partial charge in [0.15, 0.2) is 0 Å². The van der Waals surface area contributed by atoms with Gasteiger partial charge in [0, 0.05) is 5.41 Å². The van der Waals surface area contributed by atoms with Crippen LogP contribution in [0.1, 0.15) is 26.3 Å². The lowest BCUT2D eigenvalue weighted by Gasteiger charge is -2.20. The minimum atomic E-state index is -0.685. The van der Waals surface area contributed by atoms with E-state index in [1.54, 1.807) is 39.0 Å². The summed E-state index contributed by atoms with van der Waals surface area (Å²) in [5.74, 6) is -0.727. The van der Waals surface area contributed by atoms with Crippen molar-refractivity contribution in [3.05, 3.63) is 29.8 Å². The molecule has 0 fully saturated rings. The summed E-state index contributed by atoms with van der Waals surface area (Å²) in [5.41, 5.74) is 0.662. The third kappa shape index (κ3) is 2.50. The fourth-order valence-electron chi connectivity index (χ4n) is 1.82. The molecule has 0 atom stereocenters. The molecule has 0 spiro atoms. The number of nitrogens with zero attached hydrogens (tertiary/aromatic N) is 1. The van der Waals surface area contributed by atoms with Crippen LogP contribution in [-0.4, -0.2) is 17.8 Å². The zero-order valence-corrected chi connectivity index (χ0v) is 11.2. The van der Waals surface area contributed by atoms with Crippen LogP contribution in [0.15, 0.2) is 24.3 Å². The number of para-hydroxylation sites is 1. The minimum Gasteiger partial charge on any atom is -0.277 e. The Hall–Kier alpha value is -2.17. The number of benzene rings is 1. The van der Waals surface area contributed by atoms with E-state index in [9.17, 15) is 14.4 Å². The Labute approximate surface area is 111 Å². The maximum Gasteiger partial charge on any atom is 0.335 e. The highest BCUT2D eigenvalue weighted by atomic mass is 16.2. The van der Waals surface area contributed by atoms with Gasteiger partial charge in [-0.3, -0.25) is 14.9 Å². The Morgan fingerprint density at radius 3 is 2.47 bits per heavy atom. The summed E-state index contributed by atoms with van der Waals surface area (Å²) in [6.45, 7) is 5.11. The third-order valence-corrected chi connectivity index (χ3v) is 2.93. The molecule has 0 radical (unpaired) electrons. The van der Waals surface area contributed by atoms with Gasteiger partial charge in [-0.05, 0) is 11.6 Å². The van der Waals surface area contributed by atoms with Gasteiger partial charge in [0.2, 0.25) is 11.8 Å². The first-order valence-corrected chi connectivity index (χ1v) is 6.07. The second-order valence-electron chi connectivity index (χ2n) is 5.54. The Morgan fingerprint density at radius 1 is 1.21 bits per heavy atom. The summed E-state index contributed by atoms with van der Waals surface area (Å²) in [4.78, 5) is 36.7. The molecule has 0 saturated heterocycles. The number of imide groups is 2. The number of amides is 4. The van der Waals surface area contributed by atoms with Crippen molar-refractivity contribution in [1.29, 1.82) is 0 Å². The Kier molecular flexibility index (Phi) is 3.14. The van der Waals surface area contributed by atoms with Crippen LogP contribution in [0.25, 0.3) is 0 Å². The van der Waals surface area contributed by atoms with Crippen molar-refractivity contribution in [2.24, 2.45) is 5.41 Å². The lowest BCUT2D eigenvalue weighted by atomic mass is 9.96. The molecule has 5 nitrogen and oxygen atoms in total. The average Bonchev–Trinajstić information content (AvgIpc) is 2.63. The summed E-state index contributed by atoms with van der Waals surface area (Å²) in [7, 11) is 0. The van der Waals surface area contributed by atoms with E-state index < -0.39 is 17.4 Å². The maximum absolute atomic E-state index is 12.0. The van der Waals surface area contributed by atoms with Gasteiger partial charge in [-0.15, -0.1) is 0 Å². The molecule has 0 aliphatic carbocycles. The third-order valence-electron chi connectivity index (χ3n) is 2.93. The lowest BCUT2D eigenvalue weighted by Crippen LogP contribution is -2.48. The Morgan fingerprint density at radius 2 is 1.84 bits per heavy atom. The molecule has 4 amide bonds. The standard InChI is InChI=1S/C14H16N2O3/c1-14(2,3)12(18)15-13(19)16-10-7-5-4-6-9(10)8-11(16)17/h4-7H,8H2,1-3H3,(H,15,18,19). The number of anilines is 1. The topological polar surface area (TPSA) is 66.5 Å². The number of fused-ring (bicyclic) bond motifs is 1. The first kappa shape index (κ1) is 13.3. The van der Waals surface area contributed by atoms with Gasteiger partial charge in [0.05, 0.1) is 12.1 Å². The predicted octanol–water partition coefficient (Wildman–Crippen LogP) is 1.86. The van der Waals surface area contributed by atoms with E-state index in [4.69, 9.17) is 0 Å². The quantitative estimate of drug-likeness (QED) is 0.774. The lowest BCUT2D eigenvalue weighted by molar-refractivity contribution is -0.127. The van der Waals surface area contributed by atoms with Gasteiger partial charge in [0.25, 0.3) is 0 Å². The molecule has 5 heteroatoms. The maximum atomic E-state index is 12.0. The molecule has 1 N–H and O–H groups in total. The molecule has 0 unspecified atom stereocenters. The molecule has 1 aliphatic rings. The molecule has 0 bridgehead atoms. The zero-order valence-electron chi connectivity index (χ0n) is 11.2. The van der Waals surface area contributed by atoms with E-state index in [1.807, 2.05) is 6.07 Å². The Balaban J connectivity index is 2.21. The van der Waals surface area contributed by atoms with Crippen LogP contribution in [0.2, 0.25) is 0 Å². The van der Waals surface area contributed by atoms with Crippen molar-refractivity contribution in [3.63, 3.8) is 0 Å². The number of carbonyl (C=O) groups excluding carboxylic acids is 3. The van der Waals surface area contributed by atoms with Crippen molar-refractivity contribution < 1.29 is 14.4 Å². The molecular formula is C14H16N2O3. The highest BCUT2D eigenvalue weighted by Gasteiger charge is 2.34. The highest BCUT2D eigenvalue weighted by Crippen LogP contribution is 2.28. The molecule has 0 saturated carbocycles. The number of hydrogen-bond donors (Lipinski definition) is 1. The summed E-state index contributed by atoms with van der Waals surface area (Å²) in [6, 6.07) is 6.37. The molecule has 100 valence electrons. The van der Waals surface area contributed by atoms with E-state index >= 15 is 0 Å². The van der Waals surface area contributed by atoms with Gasteiger partial charge >= 0.3 is 6.03 Å². The van der Waals surface area contributed by atoms with Crippen LogP contribution in [-0.2, 0) is 16.0 Å². The summed E-state index contributed by atoms with van der Waals surface area (Å²) in [5, 5.41) is 2.26. The van der Waals surface area contributed by atoms with Gasteiger partial charge in [-0.1, -0.05) is 39.0 Å². The van der Waals surface area contributed by atoms with Crippen LogP contribution in [0.4, 0.5) is 10.5 Å².